The molecule has 0 radical (unpaired) electrons. The molecule has 3 aromatic carbocycles. The Morgan fingerprint density at radius 2 is 1.65 bits per heavy atom. The van der Waals surface area contributed by atoms with Crippen LogP contribution in [0.25, 0.3) is 0 Å². The number of halogens is 1. The Labute approximate surface area is 205 Å². The lowest BCUT2D eigenvalue weighted by Crippen LogP contribution is -2.30. The average molecular weight is 503 g/mol. The summed E-state index contributed by atoms with van der Waals surface area (Å²) in [7, 11) is -3.57. The van der Waals surface area contributed by atoms with E-state index in [9.17, 15) is 13.2 Å². The Bertz CT molecular complexity index is 1200. The van der Waals surface area contributed by atoms with Crippen LogP contribution in [0.2, 0.25) is 5.02 Å². The quantitative estimate of drug-likeness (QED) is 0.390. The Morgan fingerprint density at radius 3 is 2.29 bits per heavy atom. The van der Waals surface area contributed by atoms with Gasteiger partial charge in [-0.05, 0) is 61.0 Å². The molecule has 7 nitrogen and oxygen atoms in total. The van der Waals surface area contributed by atoms with Gasteiger partial charge in [-0.25, -0.2) is 8.42 Å². The van der Waals surface area contributed by atoms with Gasteiger partial charge in [0.15, 0.2) is 0 Å². The van der Waals surface area contributed by atoms with Crippen LogP contribution in [-0.2, 0) is 16.6 Å². The van der Waals surface area contributed by atoms with Gasteiger partial charge < -0.3 is 14.8 Å². The van der Waals surface area contributed by atoms with Crippen molar-refractivity contribution >= 4 is 33.2 Å². The van der Waals surface area contributed by atoms with E-state index in [4.69, 9.17) is 21.1 Å². The van der Waals surface area contributed by atoms with Crippen LogP contribution in [0, 0.1) is 0 Å². The van der Waals surface area contributed by atoms with Crippen molar-refractivity contribution in [2.24, 2.45) is 0 Å². The maximum atomic E-state index is 12.5. The monoisotopic (exact) mass is 502 g/mol. The topological polar surface area (TPSA) is 84.9 Å². The molecular weight excluding hydrogens is 476 g/mol. The molecule has 0 spiro atoms. The van der Waals surface area contributed by atoms with Crippen molar-refractivity contribution in [3.05, 3.63) is 88.9 Å². The lowest BCUT2D eigenvalue weighted by molar-refractivity contribution is 0.0947. The first-order chi connectivity index (χ1) is 16.3. The van der Waals surface area contributed by atoms with E-state index < -0.39 is 10.0 Å². The number of amides is 1. The van der Waals surface area contributed by atoms with Crippen LogP contribution < -0.4 is 19.1 Å². The van der Waals surface area contributed by atoms with Crippen molar-refractivity contribution in [3.63, 3.8) is 0 Å². The molecule has 1 N–H and O–H groups in total. The van der Waals surface area contributed by atoms with Gasteiger partial charge in [-0.2, -0.15) is 0 Å². The number of para-hydroxylation sites is 2. The molecule has 0 aromatic heterocycles. The predicted molar refractivity (Wildman–Crippen MR) is 134 cm³/mol. The molecule has 0 atom stereocenters. The molecule has 3 rings (SSSR count). The third-order valence-corrected chi connectivity index (χ3v) is 6.22. The molecule has 3 aromatic rings. The molecule has 9 heteroatoms. The summed E-state index contributed by atoms with van der Waals surface area (Å²) in [5, 5.41) is 3.43. The van der Waals surface area contributed by atoms with Crippen molar-refractivity contribution < 1.29 is 22.7 Å². The van der Waals surface area contributed by atoms with Crippen molar-refractivity contribution in [2.45, 2.75) is 13.5 Å². The average Bonchev–Trinajstić information content (AvgIpc) is 2.82. The van der Waals surface area contributed by atoms with E-state index in [1.807, 2.05) is 6.92 Å². The molecule has 180 valence electrons. The summed E-state index contributed by atoms with van der Waals surface area (Å²) in [4.78, 5) is 12.4. The number of carbonyl (C=O) groups is 1. The van der Waals surface area contributed by atoms with Gasteiger partial charge >= 0.3 is 0 Å². The van der Waals surface area contributed by atoms with Crippen LogP contribution in [0.5, 0.6) is 11.5 Å². The summed E-state index contributed by atoms with van der Waals surface area (Å²) in [6.07, 6.45) is 1.16. The molecule has 0 heterocycles. The number of benzene rings is 3. The maximum absolute atomic E-state index is 12.5. The molecule has 0 saturated heterocycles. The first-order valence-electron chi connectivity index (χ1n) is 10.7. The van der Waals surface area contributed by atoms with Crippen LogP contribution in [0.3, 0.4) is 0 Å². The number of sulfonamides is 1. The van der Waals surface area contributed by atoms with Gasteiger partial charge in [-0.15, -0.1) is 0 Å². The Morgan fingerprint density at radius 1 is 0.971 bits per heavy atom. The summed E-state index contributed by atoms with van der Waals surface area (Å²) >= 11 is 5.84. The van der Waals surface area contributed by atoms with Crippen molar-refractivity contribution in [2.75, 3.05) is 30.3 Å². The second-order valence-corrected chi connectivity index (χ2v) is 9.77. The van der Waals surface area contributed by atoms with Crippen LogP contribution in [0.15, 0.2) is 72.8 Å². The molecule has 0 aliphatic rings. The minimum atomic E-state index is -3.57. The Hall–Kier alpha value is -3.23. The smallest absolute Gasteiger partial charge is 0.251 e. The highest BCUT2D eigenvalue weighted by Crippen LogP contribution is 2.31. The lowest BCUT2D eigenvalue weighted by atomic mass is 10.1. The number of hydrogen-bond donors (Lipinski definition) is 1. The summed E-state index contributed by atoms with van der Waals surface area (Å²) in [5.74, 6) is 0.921. The number of hydrogen-bond acceptors (Lipinski definition) is 5. The van der Waals surface area contributed by atoms with Gasteiger partial charge in [0.2, 0.25) is 10.0 Å². The first-order valence-corrected chi connectivity index (χ1v) is 13.0. The highest BCUT2D eigenvalue weighted by Gasteiger charge is 2.21. The highest BCUT2D eigenvalue weighted by atomic mass is 35.5. The summed E-state index contributed by atoms with van der Waals surface area (Å²) in [6, 6.07) is 20.8. The molecule has 0 aliphatic heterocycles. The van der Waals surface area contributed by atoms with Crippen molar-refractivity contribution in [3.8, 4) is 11.5 Å². The van der Waals surface area contributed by atoms with Gasteiger partial charge in [-0.1, -0.05) is 35.9 Å². The predicted octanol–water partition coefficient (Wildman–Crippen LogP) is 4.51. The minimum absolute atomic E-state index is 0.111. The number of nitrogens with zero attached hydrogens (tertiary/aromatic N) is 1. The lowest BCUT2D eigenvalue weighted by Gasteiger charge is -2.24. The molecule has 0 unspecified atom stereocenters. The highest BCUT2D eigenvalue weighted by molar-refractivity contribution is 7.92. The number of carbonyl (C=O) groups excluding carboxylic acids is 1. The molecule has 0 saturated carbocycles. The van der Waals surface area contributed by atoms with Crippen molar-refractivity contribution in [1.29, 1.82) is 0 Å². The van der Waals surface area contributed by atoms with Crippen LogP contribution in [-0.4, -0.2) is 40.3 Å². The van der Waals surface area contributed by atoms with Crippen molar-refractivity contribution in [1.82, 2.24) is 5.32 Å². The fraction of sp³-hybridized carbons (Fsp3) is 0.240. The molecule has 34 heavy (non-hydrogen) atoms. The molecule has 1 amide bonds. The standard InChI is InChI=1S/C25H27ClN2O5S/c1-3-32-24-7-5-4-6-23(24)28(34(2,30)31)18-19-8-10-20(11-9-19)25(29)27-16-17-33-22-14-12-21(26)13-15-22/h4-15H,3,16-18H2,1-2H3,(H,27,29). The minimum Gasteiger partial charge on any atom is -0.492 e. The largest absolute Gasteiger partial charge is 0.492 e. The van der Waals surface area contributed by atoms with Gasteiger partial charge in [-0.3, -0.25) is 9.10 Å². The summed E-state index contributed by atoms with van der Waals surface area (Å²) < 4.78 is 37.5. The molecule has 0 bridgehead atoms. The third-order valence-electron chi connectivity index (χ3n) is 4.85. The number of anilines is 1. The van der Waals surface area contributed by atoms with E-state index in [1.165, 1.54) is 4.31 Å². The number of ether oxygens (including phenoxy) is 2. The van der Waals surface area contributed by atoms with Gasteiger partial charge in [0.1, 0.15) is 18.1 Å². The van der Waals surface area contributed by atoms with Gasteiger partial charge in [0.25, 0.3) is 5.91 Å². The number of rotatable bonds is 11. The zero-order valence-corrected chi connectivity index (χ0v) is 20.6. The molecule has 0 fully saturated rings. The third kappa shape index (κ3) is 7.13. The van der Waals surface area contributed by atoms with E-state index >= 15 is 0 Å². The SMILES string of the molecule is CCOc1ccccc1N(Cc1ccc(C(=O)NCCOc2ccc(Cl)cc2)cc1)S(C)(=O)=O. The second-order valence-electron chi connectivity index (χ2n) is 7.43. The normalized spacial score (nSPS) is 11.0. The fourth-order valence-electron chi connectivity index (χ4n) is 3.22. The van der Waals surface area contributed by atoms with Crippen LogP contribution in [0.4, 0.5) is 5.69 Å². The van der Waals surface area contributed by atoms with Gasteiger partial charge in [0, 0.05) is 10.6 Å². The van der Waals surface area contributed by atoms with E-state index in [0.29, 0.717) is 47.5 Å². The fourth-order valence-corrected chi connectivity index (χ4v) is 4.23. The van der Waals surface area contributed by atoms with E-state index in [2.05, 4.69) is 5.32 Å². The Kier molecular flexibility index (Phi) is 8.79. The van der Waals surface area contributed by atoms with E-state index in [1.54, 1.807) is 72.8 Å². The van der Waals surface area contributed by atoms with E-state index in [0.717, 1.165) is 11.8 Å². The second kappa shape index (κ2) is 11.8. The molecular formula is C25H27ClN2O5S. The van der Waals surface area contributed by atoms with Gasteiger partial charge in [0.05, 0.1) is 31.6 Å². The maximum Gasteiger partial charge on any atom is 0.251 e. The number of nitrogens with one attached hydrogen (secondary N) is 1. The zero-order chi connectivity index (χ0) is 24.6. The first kappa shape index (κ1) is 25.4. The van der Waals surface area contributed by atoms with Crippen LogP contribution in [0.1, 0.15) is 22.8 Å². The van der Waals surface area contributed by atoms with E-state index in [-0.39, 0.29) is 12.5 Å². The molecule has 0 aliphatic carbocycles. The summed E-state index contributed by atoms with van der Waals surface area (Å²) in [5.41, 5.74) is 1.67. The summed E-state index contributed by atoms with van der Waals surface area (Å²) in [6.45, 7) is 3.02. The van der Waals surface area contributed by atoms with Crippen LogP contribution >= 0.6 is 11.6 Å². The Balaban J connectivity index is 1.61. The zero-order valence-electron chi connectivity index (χ0n) is 19.0.